The lowest BCUT2D eigenvalue weighted by molar-refractivity contribution is 0.102. The molecule has 5 heteroatoms. The van der Waals surface area contributed by atoms with Crippen LogP contribution in [0.25, 0.3) is 0 Å². The molecule has 0 heterocycles. The highest BCUT2D eigenvalue weighted by Crippen LogP contribution is 2.17. The van der Waals surface area contributed by atoms with Crippen molar-refractivity contribution in [2.75, 3.05) is 11.1 Å². The van der Waals surface area contributed by atoms with Crippen molar-refractivity contribution in [1.29, 1.82) is 0 Å². The van der Waals surface area contributed by atoms with E-state index < -0.39 is 11.7 Å². The fraction of sp³-hybridized carbons (Fsp3) is 0.0714. The molecule has 1 amide bonds. The second kappa shape index (κ2) is 5.06. The molecule has 2 aromatic rings. The maximum Gasteiger partial charge on any atom is 0.258 e. The maximum atomic E-state index is 13.5. The Morgan fingerprint density at radius 3 is 2.47 bits per heavy atom. The fourth-order valence-electron chi connectivity index (χ4n) is 1.64. The van der Waals surface area contributed by atoms with Crippen LogP contribution in [0.3, 0.4) is 0 Å². The van der Waals surface area contributed by atoms with Crippen LogP contribution in [0, 0.1) is 18.6 Å². The molecule has 0 bridgehead atoms. The molecule has 0 saturated carbocycles. The van der Waals surface area contributed by atoms with E-state index in [0.717, 1.165) is 6.07 Å². The minimum Gasteiger partial charge on any atom is -0.399 e. The zero-order valence-corrected chi connectivity index (χ0v) is 10.2. The van der Waals surface area contributed by atoms with E-state index in [9.17, 15) is 13.6 Å². The van der Waals surface area contributed by atoms with Gasteiger partial charge in [-0.1, -0.05) is 0 Å². The first-order valence-electron chi connectivity index (χ1n) is 5.60. The topological polar surface area (TPSA) is 55.1 Å². The number of carbonyl (C=O) groups excluding carboxylic acids is 1. The Morgan fingerprint density at radius 2 is 1.84 bits per heavy atom. The van der Waals surface area contributed by atoms with Crippen molar-refractivity contribution in [1.82, 2.24) is 0 Å². The summed E-state index contributed by atoms with van der Waals surface area (Å²) >= 11 is 0. The standard InChI is InChI=1S/C14H12F2N2O/c1-8-6-10(3-5-12(8)15)18-14(19)11-4-2-9(17)7-13(11)16/h2-7H,17H2,1H3,(H,18,19). The summed E-state index contributed by atoms with van der Waals surface area (Å²) in [7, 11) is 0. The molecule has 3 N–H and O–H groups in total. The van der Waals surface area contributed by atoms with Gasteiger partial charge in [0.15, 0.2) is 0 Å². The van der Waals surface area contributed by atoms with Gasteiger partial charge in [0.25, 0.3) is 5.91 Å². The second-order valence-corrected chi connectivity index (χ2v) is 4.16. The highest BCUT2D eigenvalue weighted by Gasteiger charge is 2.12. The predicted octanol–water partition coefficient (Wildman–Crippen LogP) is 3.11. The van der Waals surface area contributed by atoms with Crippen LogP contribution in [-0.4, -0.2) is 5.91 Å². The molecule has 0 aliphatic rings. The molecule has 0 aromatic heterocycles. The van der Waals surface area contributed by atoms with E-state index in [2.05, 4.69) is 5.32 Å². The third-order valence-corrected chi connectivity index (χ3v) is 2.65. The van der Waals surface area contributed by atoms with Gasteiger partial charge in [-0.3, -0.25) is 4.79 Å². The average Bonchev–Trinajstić information content (AvgIpc) is 2.33. The SMILES string of the molecule is Cc1cc(NC(=O)c2ccc(N)cc2F)ccc1F. The first-order chi connectivity index (χ1) is 8.97. The molecule has 19 heavy (non-hydrogen) atoms. The second-order valence-electron chi connectivity index (χ2n) is 4.16. The van der Waals surface area contributed by atoms with Crippen molar-refractivity contribution in [2.24, 2.45) is 0 Å². The molecule has 0 unspecified atom stereocenters. The normalized spacial score (nSPS) is 10.3. The van der Waals surface area contributed by atoms with E-state index in [1.165, 1.54) is 30.3 Å². The maximum absolute atomic E-state index is 13.5. The molecule has 0 saturated heterocycles. The number of carbonyl (C=O) groups is 1. The average molecular weight is 262 g/mol. The fourth-order valence-corrected chi connectivity index (χ4v) is 1.64. The molecule has 0 aliphatic carbocycles. The number of nitrogen functional groups attached to an aromatic ring is 1. The molecular weight excluding hydrogens is 250 g/mol. The van der Waals surface area contributed by atoms with Crippen molar-refractivity contribution in [2.45, 2.75) is 6.92 Å². The number of anilines is 2. The summed E-state index contributed by atoms with van der Waals surface area (Å²) in [6, 6.07) is 7.94. The third-order valence-electron chi connectivity index (χ3n) is 2.65. The van der Waals surface area contributed by atoms with Gasteiger partial charge in [-0.2, -0.15) is 0 Å². The van der Waals surface area contributed by atoms with Gasteiger partial charge in [-0.15, -0.1) is 0 Å². The highest BCUT2D eigenvalue weighted by atomic mass is 19.1. The van der Waals surface area contributed by atoms with E-state index in [0.29, 0.717) is 11.3 Å². The number of nitrogens with two attached hydrogens (primary N) is 1. The first-order valence-corrected chi connectivity index (χ1v) is 5.60. The number of amides is 1. The first kappa shape index (κ1) is 13.0. The van der Waals surface area contributed by atoms with Gasteiger partial charge in [0.2, 0.25) is 0 Å². The molecule has 0 fully saturated rings. The molecule has 0 aliphatic heterocycles. The molecule has 2 aromatic carbocycles. The van der Waals surface area contributed by atoms with Crippen LogP contribution in [0.1, 0.15) is 15.9 Å². The summed E-state index contributed by atoms with van der Waals surface area (Å²) in [6.07, 6.45) is 0. The lowest BCUT2D eigenvalue weighted by Crippen LogP contribution is -2.14. The number of rotatable bonds is 2. The van der Waals surface area contributed by atoms with Crippen LogP contribution in [-0.2, 0) is 0 Å². The highest BCUT2D eigenvalue weighted by molar-refractivity contribution is 6.04. The summed E-state index contributed by atoms with van der Waals surface area (Å²) in [4.78, 5) is 11.9. The lowest BCUT2D eigenvalue weighted by atomic mass is 10.1. The predicted molar refractivity (Wildman–Crippen MR) is 69.9 cm³/mol. The number of hydrogen-bond donors (Lipinski definition) is 2. The molecule has 0 spiro atoms. The molecule has 2 rings (SSSR count). The Bertz CT molecular complexity index is 641. The summed E-state index contributed by atoms with van der Waals surface area (Å²) in [6.45, 7) is 1.58. The lowest BCUT2D eigenvalue weighted by Gasteiger charge is -2.07. The van der Waals surface area contributed by atoms with E-state index in [-0.39, 0.29) is 17.1 Å². The molecule has 98 valence electrons. The van der Waals surface area contributed by atoms with Crippen molar-refractivity contribution < 1.29 is 13.6 Å². The Morgan fingerprint density at radius 1 is 1.11 bits per heavy atom. The van der Waals surface area contributed by atoms with Crippen molar-refractivity contribution in [3.05, 3.63) is 59.2 Å². The van der Waals surface area contributed by atoms with Crippen LogP contribution >= 0.6 is 0 Å². The largest absolute Gasteiger partial charge is 0.399 e. The quantitative estimate of drug-likeness (QED) is 0.817. The Balaban J connectivity index is 2.23. The monoisotopic (exact) mass is 262 g/mol. The summed E-state index contributed by atoms with van der Waals surface area (Å²) in [5.41, 5.74) is 6.33. The minimum absolute atomic E-state index is 0.115. The number of halogens is 2. The van der Waals surface area contributed by atoms with Crippen molar-refractivity contribution >= 4 is 17.3 Å². The number of nitrogens with one attached hydrogen (secondary N) is 1. The molecular formula is C14H12F2N2O. The van der Waals surface area contributed by atoms with E-state index in [1.807, 2.05) is 0 Å². The Kier molecular flexibility index (Phi) is 3.46. The number of benzene rings is 2. The minimum atomic E-state index is -0.698. The van der Waals surface area contributed by atoms with Gasteiger partial charge in [0.05, 0.1) is 5.56 Å². The van der Waals surface area contributed by atoms with Crippen LogP contribution in [0.4, 0.5) is 20.2 Å². The third kappa shape index (κ3) is 2.88. The van der Waals surface area contributed by atoms with Gasteiger partial charge < -0.3 is 11.1 Å². The Labute approximate surface area is 109 Å². The van der Waals surface area contributed by atoms with E-state index >= 15 is 0 Å². The summed E-state index contributed by atoms with van der Waals surface area (Å²) in [5, 5.41) is 2.50. The van der Waals surface area contributed by atoms with Gasteiger partial charge >= 0.3 is 0 Å². The van der Waals surface area contributed by atoms with Gasteiger partial charge in [0, 0.05) is 11.4 Å². The number of hydrogen-bond acceptors (Lipinski definition) is 2. The van der Waals surface area contributed by atoms with Crippen LogP contribution in [0.15, 0.2) is 36.4 Å². The van der Waals surface area contributed by atoms with Crippen molar-refractivity contribution in [3.63, 3.8) is 0 Å². The van der Waals surface area contributed by atoms with Crippen LogP contribution in [0.5, 0.6) is 0 Å². The molecule has 0 atom stereocenters. The van der Waals surface area contributed by atoms with Gasteiger partial charge in [-0.05, 0) is 48.9 Å². The summed E-state index contributed by atoms with van der Waals surface area (Å²) in [5.74, 6) is -1.67. The Hall–Kier alpha value is -2.43. The molecule has 3 nitrogen and oxygen atoms in total. The van der Waals surface area contributed by atoms with Crippen LogP contribution in [0.2, 0.25) is 0 Å². The zero-order valence-electron chi connectivity index (χ0n) is 10.2. The molecule has 0 radical (unpaired) electrons. The van der Waals surface area contributed by atoms with E-state index in [4.69, 9.17) is 5.73 Å². The van der Waals surface area contributed by atoms with Crippen molar-refractivity contribution in [3.8, 4) is 0 Å². The smallest absolute Gasteiger partial charge is 0.258 e. The summed E-state index contributed by atoms with van der Waals surface area (Å²) < 4.78 is 26.6. The van der Waals surface area contributed by atoms with E-state index in [1.54, 1.807) is 6.92 Å². The van der Waals surface area contributed by atoms with Gasteiger partial charge in [0.1, 0.15) is 11.6 Å². The van der Waals surface area contributed by atoms with Crippen LogP contribution < -0.4 is 11.1 Å². The zero-order chi connectivity index (χ0) is 14.0. The number of aryl methyl sites for hydroxylation is 1. The van der Waals surface area contributed by atoms with Gasteiger partial charge in [-0.25, -0.2) is 8.78 Å².